The zero-order valence-electron chi connectivity index (χ0n) is 10.2. The van der Waals surface area contributed by atoms with Crippen LogP contribution in [0.2, 0.25) is 0 Å². The van der Waals surface area contributed by atoms with Gasteiger partial charge in [0.1, 0.15) is 6.10 Å². The third-order valence-corrected chi connectivity index (χ3v) is 2.12. The first-order valence-corrected chi connectivity index (χ1v) is 5.64. The van der Waals surface area contributed by atoms with Gasteiger partial charge in [-0.15, -0.1) is 5.10 Å². The zero-order chi connectivity index (χ0) is 11.8. The van der Waals surface area contributed by atoms with E-state index in [9.17, 15) is 0 Å². The molecule has 0 fully saturated rings. The summed E-state index contributed by atoms with van der Waals surface area (Å²) in [5.74, 6) is 0.623. The number of methoxy groups -OCH3 is 1. The second kappa shape index (κ2) is 7.24. The summed E-state index contributed by atoms with van der Waals surface area (Å²) in [6.07, 6.45) is 1.11. The summed E-state index contributed by atoms with van der Waals surface area (Å²) in [7, 11) is 1.67. The molecule has 92 valence electrons. The van der Waals surface area contributed by atoms with Crippen LogP contribution in [-0.2, 0) is 4.74 Å². The first kappa shape index (κ1) is 13.0. The molecule has 0 amide bonds. The fourth-order valence-corrected chi connectivity index (χ4v) is 1.38. The van der Waals surface area contributed by atoms with Crippen LogP contribution < -0.4 is 10.1 Å². The third-order valence-electron chi connectivity index (χ3n) is 2.12. The molecule has 2 N–H and O–H groups in total. The van der Waals surface area contributed by atoms with E-state index >= 15 is 0 Å². The standard InChI is InChI=1S/C11H21N3O2/c1-4-5-12-7-10(8-15-3)16-11-6-9(2)13-14-11/h6,10,12H,4-5,7-8H2,1-3H3,(H,13,14). The monoisotopic (exact) mass is 227 g/mol. The lowest BCUT2D eigenvalue weighted by molar-refractivity contribution is 0.0776. The maximum atomic E-state index is 5.69. The molecule has 0 aliphatic rings. The summed E-state index contributed by atoms with van der Waals surface area (Å²) in [6.45, 7) is 6.40. The summed E-state index contributed by atoms with van der Waals surface area (Å²) in [4.78, 5) is 0. The minimum atomic E-state index is -0.000694. The van der Waals surface area contributed by atoms with E-state index in [1.54, 1.807) is 7.11 Å². The van der Waals surface area contributed by atoms with Crippen LogP contribution in [-0.4, -0.2) is 43.1 Å². The normalized spacial score (nSPS) is 12.7. The predicted octanol–water partition coefficient (Wildman–Crippen LogP) is 1.11. The van der Waals surface area contributed by atoms with E-state index in [4.69, 9.17) is 9.47 Å². The van der Waals surface area contributed by atoms with Crippen molar-refractivity contribution in [3.05, 3.63) is 11.8 Å². The predicted molar refractivity (Wildman–Crippen MR) is 62.8 cm³/mol. The van der Waals surface area contributed by atoms with Crippen LogP contribution in [0.1, 0.15) is 19.0 Å². The molecular formula is C11H21N3O2. The highest BCUT2D eigenvalue weighted by Crippen LogP contribution is 2.09. The number of aryl methyl sites for hydroxylation is 1. The lowest BCUT2D eigenvalue weighted by Gasteiger charge is -2.17. The molecule has 0 saturated carbocycles. The van der Waals surface area contributed by atoms with E-state index in [-0.39, 0.29) is 6.10 Å². The van der Waals surface area contributed by atoms with Gasteiger partial charge in [0.25, 0.3) is 0 Å². The molecule has 5 nitrogen and oxygen atoms in total. The Bertz CT molecular complexity index is 289. The Morgan fingerprint density at radius 3 is 2.94 bits per heavy atom. The highest BCUT2D eigenvalue weighted by atomic mass is 16.5. The Hall–Kier alpha value is -1.07. The minimum absolute atomic E-state index is 0.000694. The van der Waals surface area contributed by atoms with Gasteiger partial charge in [-0.2, -0.15) is 0 Å². The van der Waals surface area contributed by atoms with Crippen molar-refractivity contribution in [1.82, 2.24) is 15.5 Å². The van der Waals surface area contributed by atoms with E-state index in [2.05, 4.69) is 22.4 Å². The fourth-order valence-electron chi connectivity index (χ4n) is 1.38. The molecule has 1 unspecified atom stereocenters. The van der Waals surface area contributed by atoms with Gasteiger partial charge in [-0.25, -0.2) is 0 Å². The summed E-state index contributed by atoms with van der Waals surface area (Å²) < 4.78 is 10.8. The van der Waals surface area contributed by atoms with E-state index < -0.39 is 0 Å². The summed E-state index contributed by atoms with van der Waals surface area (Å²) in [5, 5.41) is 10.2. The third kappa shape index (κ3) is 4.63. The van der Waals surface area contributed by atoms with Gasteiger partial charge in [0.15, 0.2) is 0 Å². The molecule has 1 atom stereocenters. The smallest absolute Gasteiger partial charge is 0.233 e. The van der Waals surface area contributed by atoms with Crippen molar-refractivity contribution in [2.24, 2.45) is 0 Å². The van der Waals surface area contributed by atoms with Gasteiger partial charge in [-0.05, 0) is 19.9 Å². The Morgan fingerprint density at radius 1 is 1.56 bits per heavy atom. The van der Waals surface area contributed by atoms with Crippen LogP contribution in [0, 0.1) is 6.92 Å². The average molecular weight is 227 g/mol. The van der Waals surface area contributed by atoms with Gasteiger partial charge < -0.3 is 14.8 Å². The van der Waals surface area contributed by atoms with Crippen LogP contribution in [0.4, 0.5) is 0 Å². The fraction of sp³-hybridized carbons (Fsp3) is 0.727. The van der Waals surface area contributed by atoms with Gasteiger partial charge in [0.05, 0.1) is 6.61 Å². The molecule has 1 rings (SSSR count). The lowest BCUT2D eigenvalue weighted by Crippen LogP contribution is -2.35. The second-order valence-electron chi connectivity index (χ2n) is 3.79. The summed E-state index contributed by atoms with van der Waals surface area (Å²) in [5.41, 5.74) is 0.993. The highest BCUT2D eigenvalue weighted by molar-refractivity contribution is 5.12. The SMILES string of the molecule is CCCNCC(COC)Oc1cc(C)[nH]n1. The van der Waals surface area contributed by atoms with Crippen molar-refractivity contribution in [3.63, 3.8) is 0 Å². The average Bonchev–Trinajstić information content (AvgIpc) is 2.65. The van der Waals surface area contributed by atoms with Gasteiger partial charge in [0, 0.05) is 25.4 Å². The minimum Gasteiger partial charge on any atom is -0.469 e. The Balaban J connectivity index is 2.37. The number of nitrogens with zero attached hydrogens (tertiary/aromatic N) is 1. The Kier molecular flexibility index (Phi) is 5.88. The number of aromatic nitrogens is 2. The van der Waals surface area contributed by atoms with Gasteiger partial charge in [0.2, 0.25) is 5.88 Å². The first-order chi connectivity index (χ1) is 7.76. The number of hydrogen-bond acceptors (Lipinski definition) is 4. The van der Waals surface area contributed by atoms with E-state index in [1.165, 1.54) is 0 Å². The van der Waals surface area contributed by atoms with Gasteiger partial charge >= 0.3 is 0 Å². The molecule has 0 aromatic carbocycles. The summed E-state index contributed by atoms with van der Waals surface area (Å²) >= 11 is 0. The van der Waals surface area contributed by atoms with Crippen molar-refractivity contribution in [2.75, 3.05) is 26.8 Å². The molecule has 16 heavy (non-hydrogen) atoms. The molecule has 1 aromatic rings. The van der Waals surface area contributed by atoms with Crippen LogP contribution in [0.5, 0.6) is 5.88 Å². The number of ether oxygens (including phenoxy) is 2. The van der Waals surface area contributed by atoms with Crippen molar-refractivity contribution in [2.45, 2.75) is 26.4 Å². The maximum absolute atomic E-state index is 5.69. The molecule has 5 heteroatoms. The molecule has 1 heterocycles. The number of H-pyrrole nitrogens is 1. The molecule has 0 aliphatic carbocycles. The van der Waals surface area contributed by atoms with E-state index in [0.29, 0.717) is 12.5 Å². The van der Waals surface area contributed by atoms with E-state index in [1.807, 2.05) is 13.0 Å². The van der Waals surface area contributed by atoms with Crippen LogP contribution >= 0.6 is 0 Å². The van der Waals surface area contributed by atoms with Crippen molar-refractivity contribution in [1.29, 1.82) is 0 Å². The van der Waals surface area contributed by atoms with Crippen molar-refractivity contribution in [3.8, 4) is 5.88 Å². The first-order valence-electron chi connectivity index (χ1n) is 5.64. The van der Waals surface area contributed by atoms with Gasteiger partial charge in [-0.1, -0.05) is 6.92 Å². The maximum Gasteiger partial charge on any atom is 0.233 e. The Labute approximate surface area is 96.5 Å². The molecule has 0 saturated heterocycles. The topological polar surface area (TPSA) is 59.2 Å². The number of rotatable bonds is 8. The van der Waals surface area contributed by atoms with Crippen LogP contribution in [0.15, 0.2) is 6.07 Å². The number of aromatic amines is 1. The number of hydrogen-bond donors (Lipinski definition) is 2. The molecule has 0 aliphatic heterocycles. The van der Waals surface area contributed by atoms with Gasteiger partial charge in [-0.3, -0.25) is 5.10 Å². The van der Waals surface area contributed by atoms with Crippen molar-refractivity contribution < 1.29 is 9.47 Å². The van der Waals surface area contributed by atoms with Crippen LogP contribution in [0.3, 0.4) is 0 Å². The molecule has 0 bridgehead atoms. The second-order valence-corrected chi connectivity index (χ2v) is 3.79. The lowest BCUT2D eigenvalue weighted by atomic mass is 10.3. The van der Waals surface area contributed by atoms with E-state index in [0.717, 1.165) is 25.2 Å². The molecule has 1 aromatic heterocycles. The Morgan fingerprint density at radius 2 is 2.38 bits per heavy atom. The highest BCUT2D eigenvalue weighted by Gasteiger charge is 2.11. The quantitative estimate of drug-likeness (QED) is 0.653. The summed E-state index contributed by atoms with van der Waals surface area (Å²) in [6, 6.07) is 1.88. The van der Waals surface area contributed by atoms with Crippen molar-refractivity contribution >= 4 is 0 Å². The molecular weight excluding hydrogens is 206 g/mol. The molecule has 0 spiro atoms. The van der Waals surface area contributed by atoms with Crippen LogP contribution in [0.25, 0.3) is 0 Å². The number of nitrogens with one attached hydrogen (secondary N) is 2. The zero-order valence-corrected chi connectivity index (χ0v) is 10.2. The largest absolute Gasteiger partial charge is 0.469 e. The molecule has 0 radical (unpaired) electrons.